The molecule has 0 radical (unpaired) electrons. The summed E-state index contributed by atoms with van der Waals surface area (Å²) in [6, 6.07) is 23.3. The molecule has 0 aliphatic carbocycles. The molecule has 0 unspecified atom stereocenters. The molecule has 1 aliphatic rings. The highest BCUT2D eigenvalue weighted by atomic mass is 19.1. The van der Waals surface area contributed by atoms with Crippen LogP contribution in [0.15, 0.2) is 78.9 Å². The summed E-state index contributed by atoms with van der Waals surface area (Å²) in [7, 11) is 0. The fourth-order valence-electron chi connectivity index (χ4n) is 4.35. The van der Waals surface area contributed by atoms with Crippen LogP contribution in [0, 0.1) is 11.6 Å². The molecule has 1 fully saturated rings. The first-order valence-corrected chi connectivity index (χ1v) is 11.8. The fourth-order valence-corrected chi connectivity index (χ4v) is 4.35. The summed E-state index contributed by atoms with van der Waals surface area (Å²) in [6.07, 6.45) is 1.97. The molecule has 1 aliphatic heterocycles. The molecule has 0 saturated carbocycles. The maximum absolute atomic E-state index is 13.4. The van der Waals surface area contributed by atoms with E-state index < -0.39 is 0 Å². The van der Waals surface area contributed by atoms with Gasteiger partial charge in [-0.05, 0) is 60.3 Å². The van der Waals surface area contributed by atoms with Crippen LogP contribution in [0.4, 0.5) is 8.78 Å². The van der Waals surface area contributed by atoms with Crippen molar-refractivity contribution in [1.82, 2.24) is 9.80 Å². The van der Waals surface area contributed by atoms with E-state index in [4.69, 9.17) is 4.74 Å². The quantitative estimate of drug-likeness (QED) is 0.367. The number of aryl methyl sites for hydroxylation is 1. The monoisotopic (exact) mass is 466 g/mol. The van der Waals surface area contributed by atoms with Crippen LogP contribution in [0.25, 0.3) is 0 Å². The summed E-state index contributed by atoms with van der Waals surface area (Å²) in [5.74, 6) is -0.559. The van der Waals surface area contributed by atoms with Gasteiger partial charge in [0, 0.05) is 32.7 Å². The molecule has 0 N–H and O–H groups in total. The van der Waals surface area contributed by atoms with Crippen LogP contribution in [-0.2, 0) is 11.2 Å². The Hall–Kier alpha value is -2.60. The molecule has 0 atom stereocenters. The molecule has 1 heterocycles. The number of hydrogen-bond donors (Lipinski definition) is 0. The number of rotatable bonds is 10. The second-order valence-corrected chi connectivity index (χ2v) is 8.63. The molecule has 0 aromatic heterocycles. The van der Waals surface area contributed by atoms with Crippen LogP contribution in [0.5, 0.6) is 0 Å². The van der Waals surface area contributed by atoms with Gasteiger partial charge in [-0.15, -0.1) is 0 Å². The van der Waals surface area contributed by atoms with Gasteiger partial charge < -0.3 is 9.64 Å². The minimum Gasteiger partial charge on any atom is -0.367 e. The molecule has 3 nitrogen and oxygen atoms in total. The Morgan fingerprint density at radius 1 is 0.676 bits per heavy atom. The van der Waals surface area contributed by atoms with Crippen LogP contribution in [-0.4, -0.2) is 55.7 Å². The van der Waals surface area contributed by atoms with Gasteiger partial charge in [-0.1, -0.05) is 62.0 Å². The molecule has 3 aromatic rings. The summed E-state index contributed by atoms with van der Waals surface area (Å²) in [6.45, 7) is 6.77. The van der Waals surface area contributed by atoms with E-state index in [0.29, 0.717) is 6.61 Å². The van der Waals surface area contributed by atoms with E-state index >= 15 is 0 Å². The number of benzene rings is 3. The van der Waals surface area contributed by atoms with Gasteiger partial charge >= 0.3 is 0 Å². The average molecular weight is 467 g/mol. The van der Waals surface area contributed by atoms with Gasteiger partial charge in [0.1, 0.15) is 17.7 Å². The lowest BCUT2D eigenvalue weighted by Gasteiger charge is -2.35. The first-order chi connectivity index (χ1) is 16.2. The van der Waals surface area contributed by atoms with Gasteiger partial charge in [-0.3, -0.25) is 4.90 Å². The fraction of sp³-hybridized carbons (Fsp3) is 0.379. The molecule has 0 amide bonds. The minimum absolute atomic E-state index is 0. The van der Waals surface area contributed by atoms with Gasteiger partial charge in [0.15, 0.2) is 0 Å². The smallest absolute Gasteiger partial charge is 0.123 e. The second kappa shape index (κ2) is 13.3. The number of piperazine rings is 1. The highest BCUT2D eigenvalue weighted by Gasteiger charge is 2.19. The zero-order valence-electron chi connectivity index (χ0n) is 19.0. The van der Waals surface area contributed by atoms with Gasteiger partial charge in [0.25, 0.3) is 0 Å². The van der Waals surface area contributed by atoms with Crippen molar-refractivity contribution < 1.29 is 13.5 Å². The van der Waals surface area contributed by atoms with Crippen molar-refractivity contribution in [2.24, 2.45) is 0 Å². The summed E-state index contributed by atoms with van der Waals surface area (Å²) < 4.78 is 33.0. The Kier molecular flexibility index (Phi) is 10.2. The molecule has 1 saturated heterocycles. The summed E-state index contributed by atoms with van der Waals surface area (Å²) in [4.78, 5) is 4.97. The van der Waals surface area contributed by atoms with Crippen molar-refractivity contribution in [2.45, 2.75) is 26.4 Å². The average Bonchev–Trinajstić information content (AvgIpc) is 2.85. The normalized spacial score (nSPS) is 14.8. The predicted octanol–water partition coefficient (Wildman–Crippen LogP) is 5.96. The lowest BCUT2D eigenvalue weighted by atomic mass is 10.0. The molecule has 182 valence electrons. The summed E-state index contributed by atoms with van der Waals surface area (Å²) in [5.41, 5.74) is 3.14. The number of halogens is 2. The van der Waals surface area contributed by atoms with Gasteiger partial charge in [-0.25, -0.2) is 8.78 Å². The van der Waals surface area contributed by atoms with Gasteiger partial charge in [0.05, 0.1) is 6.61 Å². The molecule has 3 aromatic carbocycles. The topological polar surface area (TPSA) is 15.7 Å². The number of ether oxygens (including phenoxy) is 1. The zero-order valence-corrected chi connectivity index (χ0v) is 19.0. The maximum Gasteiger partial charge on any atom is 0.123 e. The second-order valence-electron chi connectivity index (χ2n) is 8.63. The van der Waals surface area contributed by atoms with E-state index in [2.05, 4.69) is 40.1 Å². The molecule has 5 heteroatoms. The molecule has 0 bridgehead atoms. The van der Waals surface area contributed by atoms with Crippen molar-refractivity contribution in [1.29, 1.82) is 0 Å². The highest BCUT2D eigenvalue weighted by Crippen LogP contribution is 2.26. The lowest BCUT2D eigenvalue weighted by Crippen LogP contribution is -2.47. The number of hydrogen-bond acceptors (Lipinski definition) is 3. The highest BCUT2D eigenvalue weighted by molar-refractivity contribution is 5.30. The molecule has 0 spiro atoms. The van der Waals surface area contributed by atoms with Gasteiger partial charge in [-0.2, -0.15) is 0 Å². The summed E-state index contributed by atoms with van der Waals surface area (Å²) in [5, 5.41) is 0. The van der Waals surface area contributed by atoms with E-state index in [1.165, 1.54) is 36.2 Å². The van der Waals surface area contributed by atoms with E-state index in [0.717, 1.165) is 56.8 Å². The van der Waals surface area contributed by atoms with Crippen molar-refractivity contribution in [3.63, 3.8) is 0 Å². The first-order valence-electron chi connectivity index (χ1n) is 11.8. The lowest BCUT2D eigenvalue weighted by molar-refractivity contribution is 0.0451. The van der Waals surface area contributed by atoms with E-state index in [9.17, 15) is 8.78 Å². The van der Waals surface area contributed by atoms with Crippen molar-refractivity contribution in [2.75, 3.05) is 45.9 Å². The Labute approximate surface area is 203 Å². The maximum atomic E-state index is 13.4. The SMILES string of the molecule is C.Fc1ccc(C(OCCN2CCN(CCCc3ccccc3)CC2)c2ccc(F)cc2)cc1. The molecule has 4 rings (SSSR count). The Morgan fingerprint density at radius 3 is 1.71 bits per heavy atom. The minimum atomic E-state index is -0.342. The van der Waals surface area contributed by atoms with Crippen LogP contribution >= 0.6 is 0 Å². The van der Waals surface area contributed by atoms with Crippen LogP contribution in [0.2, 0.25) is 0 Å². The Bertz CT molecular complexity index is 910. The number of nitrogens with zero attached hydrogens (tertiary/aromatic N) is 2. The third kappa shape index (κ3) is 7.73. The Morgan fingerprint density at radius 2 is 1.18 bits per heavy atom. The standard InChI is InChI=1S/C28H32F2N2O.CH4/c29-26-12-8-24(9-13-26)28(25-10-14-27(30)15-11-25)33-22-21-32-19-17-31(18-20-32)16-4-7-23-5-2-1-3-6-23;/h1-3,5-6,8-15,28H,4,7,16-22H2;1H4. The van der Waals surface area contributed by atoms with Crippen LogP contribution in [0.1, 0.15) is 36.6 Å². The molecular weight excluding hydrogens is 430 g/mol. The predicted molar refractivity (Wildman–Crippen MR) is 135 cm³/mol. The first kappa shape index (κ1) is 26.0. The zero-order chi connectivity index (χ0) is 22.9. The van der Waals surface area contributed by atoms with E-state index in [1.54, 1.807) is 24.3 Å². The Balaban J connectivity index is 0.00000324. The van der Waals surface area contributed by atoms with E-state index in [1.807, 2.05) is 0 Å². The van der Waals surface area contributed by atoms with Crippen molar-refractivity contribution >= 4 is 0 Å². The van der Waals surface area contributed by atoms with Gasteiger partial charge in [0.2, 0.25) is 0 Å². The van der Waals surface area contributed by atoms with Crippen LogP contribution < -0.4 is 0 Å². The van der Waals surface area contributed by atoms with Crippen molar-refractivity contribution in [3.8, 4) is 0 Å². The third-order valence-electron chi connectivity index (χ3n) is 6.29. The largest absolute Gasteiger partial charge is 0.367 e. The molecule has 34 heavy (non-hydrogen) atoms. The summed E-state index contributed by atoms with van der Waals surface area (Å²) >= 11 is 0. The van der Waals surface area contributed by atoms with Crippen molar-refractivity contribution in [3.05, 3.63) is 107 Å². The van der Waals surface area contributed by atoms with E-state index in [-0.39, 0.29) is 25.2 Å². The molecular formula is C29H36F2N2O. The van der Waals surface area contributed by atoms with Crippen LogP contribution in [0.3, 0.4) is 0 Å². The third-order valence-corrected chi connectivity index (χ3v) is 6.29.